The molecule has 0 aliphatic heterocycles. The van der Waals surface area contributed by atoms with Gasteiger partial charge < -0.3 is 0 Å². The Labute approximate surface area is 135 Å². The van der Waals surface area contributed by atoms with Crippen LogP contribution in [0, 0.1) is 11.2 Å². The first-order chi connectivity index (χ1) is 10.8. The van der Waals surface area contributed by atoms with Crippen LogP contribution in [0.5, 0.6) is 0 Å². The van der Waals surface area contributed by atoms with Gasteiger partial charge in [-0.25, -0.2) is 4.39 Å². The SMILES string of the molecule is CC(C)(C)C(=O)CC(C(=O)c1ccc(F)cc1)c1ccncc1. The number of benzene rings is 1. The van der Waals surface area contributed by atoms with Gasteiger partial charge in [-0.3, -0.25) is 14.6 Å². The van der Waals surface area contributed by atoms with E-state index < -0.39 is 17.2 Å². The number of nitrogens with zero attached hydrogens (tertiary/aromatic N) is 1. The van der Waals surface area contributed by atoms with Crippen molar-refractivity contribution < 1.29 is 14.0 Å². The lowest BCUT2D eigenvalue weighted by Gasteiger charge is -2.21. The Hall–Kier alpha value is -2.36. The molecule has 4 heteroatoms. The quantitative estimate of drug-likeness (QED) is 0.778. The molecule has 1 heterocycles. The lowest BCUT2D eigenvalue weighted by molar-refractivity contribution is -0.126. The van der Waals surface area contributed by atoms with E-state index in [0.717, 1.165) is 5.56 Å². The summed E-state index contributed by atoms with van der Waals surface area (Å²) in [6, 6.07) is 8.88. The number of aromatic nitrogens is 1. The standard InChI is InChI=1S/C19H20FNO2/c1-19(2,3)17(22)12-16(13-8-10-21-11-9-13)18(23)14-4-6-15(20)7-5-14/h4-11,16H,12H2,1-3H3. The predicted octanol–water partition coefficient (Wildman–Crippen LogP) is 4.19. The van der Waals surface area contributed by atoms with Crippen LogP contribution in [0.4, 0.5) is 4.39 Å². The number of hydrogen-bond donors (Lipinski definition) is 0. The van der Waals surface area contributed by atoms with Gasteiger partial charge in [-0.15, -0.1) is 0 Å². The van der Waals surface area contributed by atoms with Crippen molar-refractivity contribution in [2.45, 2.75) is 33.1 Å². The van der Waals surface area contributed by atoms with E-state index in [1.807, 2.05) is 20.8 Å². The molecule has 3 nitrogen and oxygen atoms in total. The second-order valence-corrected chi connectivity index (χ2v) is 6.58. The summed E-state index contributed by atoms with van der Waals surface area (Å²) in [6.45, 7) is 5.50. The van der Waals surface area contributed by atoms with E-state index >= 15 is 0 Å². The number of ketones is 2. The van der Waals surface area contributed by atoms with Crippen molar-refractivity contribution >= 4 is 11.6 Å². The summed E-state index contributed by atoms with van der Waals surface area (Å²) in [4.78, 5) is 29.2. The van der Waals surface area contributed by atoms with Crippen LogP contribution in [0.2, 0.25) is 0 Å². The summed E-state index contributed by atoms with van der Waals surface area (Å²) in [5.74, 6) is -1.16. The maximum Gasteiger partial charge on any atom is 0.170 e. The largest absolute Gasteiger partial charge is 0.299 e. The van der Waals surface area contributed by atoms with Crippen LogP contribution in [0.3, 0.4) is 0 Å². The molecule has 1 aromatic carbocycles. The molecule has 0 aliphatic rings. The first kappa shape index (κ1) is 17.0. The monoisotopic (exact) mass is 313 g/mol. The minimum Gasteiger partial charge on any atom is -0.299 e. The van der Waals surface area contributed by atoms with Crippen LogP contribution in [0.25, 0.3) is 0 Å². The van der Waals surface area contributed by atoms with Crippen molar-refractivity contribution in [2.75, 3.05) is 0 Å². The molecule has 23 heavy (non-hydrogen) atoms. The van der Waals surface area contributed by atoms with Crippen LogP contribution < -0.4 is 0 Å². The zero-order valence-electron chi connectivity index (χ0n) is 13.5. The van der Waals surface area contributed by atoms with Gasteiger partial charge in [0.1, 0.15) is 11.6 Å². The lowest BCUT2D eigenvalue weighted by atomic mass is 9.80. The molecule has 0 fully saturated rings. The molecule has 1 atom stereocenters. The molecule has 1 aromatic heterocycles. The highest BCUT2D eigenvalue weighted by atomic mass is 19.1. The van der Waals surface area contributed by atoms with Crippen molar-refractivity contribution in [3.05, 3.63) is 65.7 Å². The highest BCUT2D eigenvalue weighted by molar-refractivity contribution is 6.03. The zero-order valence-corrected chi connectivity index (χ0v) is 13.5. The van der Waals surface area contributed by atoms with E-state index in [1.54, 1.807) is 24.5 Å². The van der Waals surface area contributed by atoms with E-state index in [1.165, 1.54) is 24.3 Å². The van der Waals surface area contributed by atoms with Crippen LogP contribution in [0.1, 0.15) is 49.0 Å². The molecule has 0 spiro atoms. The molecule has 0 saturated heterocycles. The van der Waals surface area contributed by atoms with Crippen molar-refractivity contribution in [3.8, 4) is 0 Å². The molecule has 2 rings (SSSR count). The van der Waals surface area contributed by atoms with Gasteiger partial charge in [0.15, 0.2) is 5.78 Å². The average Bonchev–Trinajstić information content (AvgIpc) is 2.52. The third-order valence-electron chi connectivity index (χ3n) is 3.78. The van der Waals surface area contributed by atoms with Crippen molar-refractivity contribution in [2.24, 2.45) is 5.41 Å². The minimum absolute atomic E-state index is 0.00905. The topological polar surface area (TPSA) is 47.0 Å². The molecule has 0 amide bonds. The smallest absolute Gasteiger partial charge is 0.170 e. The fourth-order valence-electron chi connectivity index (χ4n) is 2.26. The van der Waals surface area contributed by atoms with E-state index in [9.17, 15) is 14.0 Å². The summed E-state index contributed by atoms with van der Waals surface area (Å²) in [5, 5.41) is 0. The number of hydrogen-bond acceptors (Lipinski definition) is 3. The van der Waals surface area contributed by atoms with Crippen LogP contribution in [-0.2, 0) is 4.79 Å². The Morgan fingerprint density at radius 1 is 1.04 bits per heavy atom. The molecule has 0 N–H and O–H groups in total. The van der Waals surface area contributed by atoms with Gasteiger partial charge in [0, 0.05) is 29.8 Å². The van der Waals surface area contributed by atoms with Crippen LogP contribution in [0.15, 0.2) is 48.8 Å². The summed E-state index contributed by atoms with van der Waals surface area (Å²) in [7, 11) is 0. The van der Waals surface area contributed by atoms with Gasteiger partial charge in [-0.05, 0) is 42.0 Å². The van der Waals surface area contributed by atoms with E-state index in [0.29, 0.717) is 5.56 Å². The normalized spacial score (nSPS) is 12.7. The zero-order chi connectivity index (χ0) is 17.0. The van der Waals surface area contributed by atoms with Crippen LogP contribution >= 0.6 is 0 Å². The molecule has 2 aromatic rings. The van der Waals surface area contributed by atoms with Crippen molar-refractivity contribution in [3.63, 3.8) is 0 Å². The average molecular weight is 313 g/mol. The first-order valence-corrected chi connectivity index (χ1v) is 7.52. The number of carbonyl (C=O) groups is 2. The number of Topliss-reactive ketones (excluding diaryl/α,β-unsaturated/α-hetero) is 2. The second-order valence-electron chi connectivity index (χ2n) is 6.58. The van der Waals surface area contributed by atoms with Gasteiger partial charge in [-0.2, -0.15) is 0 Å². The molecule has 0 bridgehead atoms. The minimum atomic E-state index is -0.588. The maximum absolute atomic E-state index is 13.1. The predicted molar refractivity (Wildman–Crippen MR) is 86.8 cm³/mol. The summed E-state index contributed by atoms with van der Waals surface area (Å²) >= 11 is 0. The van der Waals surface area contributed by atoms with Gasteiger partial charge >= 0.3 is 0 Å². The second kappa shape index (κ2) is 6.82. The Bertz CT molecular complexity index is 688. The summed E-state index contributed by atoms with van der Waals surface area (Å²) in [6.07, 6.45) is 3.31. The molecular formula is C19H20FNO2. The maximum atomic E-state index is 13.1. The van der Waals surface area contributed by atoms with Gasteiger partial charge in [0.2, 0.25) is 0 Å². The van der Waals surface area contributed by atoms with Gasteiger partial charge in [-0.1, -0.05) is 20.8 Å². The summed E-state index contributed by atoms with van der Waals surface area (Å²) < 4.78 is 13.1. The van der Waals surface area contributed by atoms with Crippen molar-refractivity contribution in [1.82, 2.24) is 4.98 Å². The Morgan fingerprint density at radius 3 is 2.13 bits per heavy atom. The highest BCUT2D eigenvalue weighted by Gasteiger charge is 2.30. The number of pyridine rings is 1. The fraction of sp³-hybridized carbons (Fsp3) is 0.316. The third kappa shape index (κ3) is 4.31. The van der Waals surface area contributed by atoms with E-state index in [2.05, 4.69) is 4.98 Å². The molecule has 0 radical (unpaired) electrons. The first-order valence-electron chi connectivity index (χ1n) is 7.52. The fourth-order valence-corrected chi connectivity index (χ4v) is 2.26. The van der Waals surface area contributed by atoms with E-state index in [-0.39, 0.29) is 18.0 Å². The Morgan fingerprint density at radius 2 is 1.61 bits per heavy atom. The number of halogens is 1. The lowest BCUT2D eigenvalue weighted by Crippen LogP contribution is -2.25. The van der Waals surface area contributed by atoms with Crippen molar-refractivity contribution in [1.29, 1.82) is 0 Å². The Balaban J connectivity index is 2.35. The Kier molecular flexibility index (Phi) is 5.04. The molecular weight excluding hydrogens is 293 g/mol. The number of carbonyl (C=O) groups excluding carboxylic acids is 2. The summed E-state index contributed by atoms with van der Waals surface area (Å²) in [5.41, 5.74) is 0.621. The molecule has 120 valence electrons. The van der Waals surface area contributed by atoms with E-state index in [4.69, 9.17) is 0 Å². The highest BCUT2D eigenvalue weighted by Crippen LogP contribution is 2.29. The molecule has 0 saturated carbocycles. The number of rotatable bonds is 5. The van der Waals surface area contributed by atoms with Gasteiger partial charge in [0.25, 0.3) is 0 Å². The van der Waals surface area contributed by atoms with Gasteiger partial charge in [0.05, 0.1) is 5.92 Å². The van der Waals surface area contributed by atoms with Crippen LogP contribution in [-0.4, -0.2) is 16.6 Å². The third-order valence-corrected chi connectivity index (χ3v) is 3.78. The molecule has 0 aliphatic carbocycles. The molecule has 1 unspecified atom stereocenters.